The monoisotopic (exact) mass is 539 g/mol. The van der Waals surface area contributed by atoms with Gasteiger partial charge in [-0.25, -0.2) is 0 Å². The lowest BCUT2D eigenvalue weighted by Crippen LogP contribution is -2.23. The lowest BCUT2D eigenvalue weighted by molar-refractivity contribution is -0.301. The molecule has 3 rings (SSSR count). The van der Waals surface area contributed by atoms with Crippen molar-refractivity contribution in [3.05, 3.63) is 65.9 Å². The number of carbonyl (C=O) groups is 3. The fourth-order valence-electron chi connectivity index (χ4n) is 3.31. The van der Waals surface area contributed by atoms with E-state index in [9.17, 15) is 24.6 Å². The van der Waals surface area contributed by atoms with Crippen LogP contribution in [0.15, 0.2) is 59.2 Å². The molecule has 0 aliphatic heterocycles. The summed E-state index contributed by atoms with van der Waals surface area (Å²) >= 11 is 0. The van der Waals surface area contributed by atoms with Crippen molar-refractivity contribution < 1.29 is 48.0 Å². The van der Waals surface area contributed by atoms with E-state index in [2.05, 4.69) is 0 Å². The molecule has 3 aromatic rings. The maximum absolute atomic E-state index is 13.3. The summed E-state index contributed by atoms with van der Waals surface area (Å²) in [6.45, 7) is 1.03. The first-order valence-corrected chi connectivity index (χ1v) is 11.5. The first-order valence-electron chi connectivity index (χ1n) is 11.5. The van der Waals surface area contributed by atoms with Crippen LogP contribution in [-0.2, 0) is 9.59 Å². The molecule has 0 saturated heterocycles. The van der Waals surface area contributed by atoms with E-state index < -0.39 is 11.9 Å². The molecule has 0 amide bonds. The summed E-state index contributed by atoms with van der Waals surface area (Å²) in [6.07, 6.45) is 5.52. The Labute approximate surface area is 225 Å². The number of ether oxygens (including phenoxy) is 4. The molecular weight excluding hydrogens is 510 g/mol. The van der Waals surface area contributed by atoms with E-state index in [0.29, 0.717) is 53.5 Å². The number of fused-ring (bicyclic) bond motifs is 1. The summed E-state index contributed by atoms with van der Waals surface area (Å²) in [7, 11) is 8.53. The van der Waals surface area contributed by atoms with Crippen LogP contribution in [0.3, 0.4) is 0 Å². The number of ketones is 1. The van der Waals surface area contributed by atoms with Gasteiger partial charge in [0.2, 0.25) is 5.75 Å². The average molecular weight is 540 g/mol. The molecule has 1 heterocycles. The quantitative estimate of drug-likeness (QED) is 0.242. The van der Waals surface area contributed by atoms with E-state index in [0.717, 1.165) is 11.3 Å². The molecule has 0 aliphatic rings. The Morgan fingerprint density at radius 1 is 0.846 bits per heavy atom. The normalized spacial score (nSPS) is 10.9. The number of allylic oxidation sites excluding steroid dienone is 1. The minimum Gasteiger partial charge on any atom is -0.545 e. The van der Waals surface area contributed by atoms with E-state index >= 15 is 0 Å². The fraction of sp³-hybridized carbons (Fsp3) is 0.250. The van der Waals surface area contributed by atoms with Gasteiger partial charge in [-0.2, -0.15) is 0 Å². The zero-order valence-electron chi connectivity index (χ0n) is 22.2. The predicted molar refractivity (Wildman–Crippen MR) is 139 cm³/mol. The van der Waals surface area contributed by atoms with Crippen molar-refractivity contribution in [3.8, 4) is 23.0 Å². The van der Waals surface area contributed by atoms with E-state index in [1.165, 1.54) is 26.6 Å². The number of furan rings is 1. The highest BCUT2D eigenvalue weighted by atomic mass is 16.5. The Bertz CT molecular complexity index is 1320. The molecule has 0 N–H and O–H groups in total. The lowest BCUT2D eigenvalue weighted by atomic mass is 10.0. The number of benzene rings is 2. The highest BCUT2D eigenvalue weighted by molar-refractivity contribution is 6.15. The molecule has 11 nitrogen and oxygen atoms in total. The second-order valence-corrected chi connectivity index (χ2v) is 8.03. The second-order valence-electron chi connectivity index (χ2n) is 8.03. The van der Waals surface area contributed by atoms with E-state index in [1.807, 2.05) is 43.3 Å². The molecule has 0 bridgehead atoms. The number of likely N-dealkylation sites (N-methyl/N-ethyl adjacent to an activating group) is 1. The van der Waals surface area contributed by atoms with Gasteiger partial charge in [0.05, 0.1) is 44.9 Å². The van der Waals surface area contributed by atoms with Crippen LogP contribution in [0.25, 0.3) is 17.0 Å². The van der Waals surface area contributed by atoms with Crippen molar-refractivity contribution in [2.75, 3.05) is 48.6 Å². The molecule has 2 aromatic carbocycles. The van der Waals surface area contributed by atoms with Gasteiger partial charge in [-0.1, -0.05) is 18.2 Å². The lowest BCUT2D eigenvalue weighted by Gasteiger charge is -2.18. The first-order chi connectivity index (χ1) is 18.6. The van der Waals surface area contributed by atoms with Crippen molar-refractivity contribution in [2.24, 2.45) is 0 Å². The number of carboxylic acid groups (broad SMARTS) is 2. The summed E-state index contributed by atoms with van der Waals surface area (Å²) < 4.78 is 28.0. The third kappa shape index (κ3) is 8.64. The minimum absolute atomic E-state index is 0.270. The maximum atomic E-state index is 13.3. The minimum atomic E-state index is -1.55. The van der Waals surface area contributed by atoms with Crippen LogP contribution in [-0.4, -0.2) is 71.2 Å². The number of nitrogens with zero attached hydrogens (tertiary/aromatic N) is 1. The van der Waals surface area contributed by atoms with Crippen LogP contribution >= 0.6 is 0 Å². The Morgan fingerprint density at radius 3 is 1.97 bits per heavy atom. The standard InChI is InChI=1S/C24H27NO6.C4H4O4/c1-25(2)13-15-31-23-20(19(26)11-8-16-6-9-17(27-3)10-7-16)21(28-4)18-12-14-30-22(18)24(23)29-5;5-3(6)1-2-4(7)8/h6-12,14H,13,15H2,1-5H3;1-2H,(H,5,6)(H,7,8)/p-2/b11-8+;2-1-. The molecule has 0 spiro atoms. The largest absolute Gasteiger partial charge is 0.545 e. The van der Waals surface area contributed by atoms with Gasteiger partial charge in [0.1, 0.15) is 23.7 Å². The van der Waals surface area contributed by atoms with Crippen LogP contribution < -0.4 is 29.2 Å². The molecule has 208 valence electrons. The van der Waals surface area contributed by atoms with Gasteiger partial charge >= 0.3 is 0 Å². The van der Waals surface area contributed by atoms with Crippen LogP contribution in [0.2, 0.25) is 0 Å². The van der Waals surface area contributed by atoms with Crippen molar-refractivity contribution in [3.63, 3.8) is 0 Å². The van der Waals surface area contributed by atoms with Crippen LogP contribution in [0.1, 0.15) is 15.9 Å². The zero-order valence-corrected chi connectivity index (χ0v) is 22.2. The van der Waals surface area contributed by atoms with Crippen LogP contribution in [0, 0.1) is 0 Å². The molecule has 0 atom stereocenters. The van der Waals surface area contributed by atoms with Crippen molar-refractivity contribution in [1.29, 1.82) is 0 Å². The SMILES string of the molecule is COc1ccc(/C=C/C(=O)c2c(OCCN(C)C)c(OC)c3occc3c2OC)cc1.O=C([O-])/C=C\C(=O)[O-]. The van der Waals surface area contributed by atoms with Gasteiger partial charge in [-0.05, 0) is 56.1 Å². The summed E-state index contributed by atoms with van der Waals surface area (Å²) in [5.41, 5.74) is 1.62. The molecular formula is C28H29NO10-2. The molecule has 0 saturated carbocycles. The molecule has 0 fully saturated rings. The Hall–Kier alpha value is -4.77. The first kappa shape index (κ1) is 30.5. The Balaban J connectivity index is 0.000000580. The van der Waals surface area contributed by atoms with Gasteiger partial charge in [0, 0.05) is 6.54 Å². The molecule has 11 heteroatoms. The zero-order chi connectivity index (χ0) is 28.9. The van der Waals surface area contributed by atoms with Crippen LogP contribution in [0.5, 0.6) is 23.0 Å². The molecule has 0 radical (unpaired) electrons. The van der Waals surface area contributed by atoms with Gasteiger partial charge in [-0.3, -0.25) is 4.79 Å². The summed E-state index contributed by atoms with van der Waals surface area (Å²) in [5, 5.41) is 19.5. The number of rotatable bonds is 12. The average Bonchev–Trinajstić information content (AvgIpc) is 3.39. The highest BCUT2D eigenvalue weighted by Gasteiger charge is 2.28. The predicted octanol–water partition coefficient (Wildman–Crippen LogP) is 1.34. The Kier molecular flexibility index (Phi) is 11.6. The molecule has 1 aromatic heterocycles. The van der Waals surface area contributed by atoms with Crippen molar-refractivity contribution in [2.45, 2.75) is 0 Å². The van der Waals surface area contributed by atoms with Crippen molar-refractivity contribution in [1.82, 2.24) is 4.90 Å². The van der Waals surface area contributed by atoms with Gasteiger partial charge in [-0.15, -0.1) is 0 Å². The number of aliphatic carboxylic acids is 2. The number of carboxylic acids is 2. The van der Waals surface area contributed by atoms with Gasteiger partial charge in [0.25, 0.3) is 0 Å². The fourth-order valence-corrected chi connectivity index (χ4v) is 3.31. The third-order valence-electron chi connectivity index (χ3n) is 5.11. The number of carbonyl (C=O) groups excluding carboxylic acids is 3. The topological polar surface area (TPSA) is 151 Å². The van der Waals surface area contributed by atoms with E-state index in [4.69, 9.17) is 23.4 Å². The summed E-state index contributed by atoms with van der Waals surface area (Å²) in [5.74, 6) is -1.57. The van der Waals surface area contributed by atoms with Crippen LogP contribution in [0.4, 0.5) is 0 Å². The highest BCUT2D eigenvalue weighted by Crippen LogP contribution is 2.46. The smallest absolute Gasteiger partial charge is 0.205 e. The van der Waals surface area contributed by atoms with E-state index in [1.54, 1.807) is 19.3 Å². The van der Waals surface area contributed by atoms with Gasteiger partial charge < -0.3 is 48.1 Å². The molecule has 0 aliphatic carbocycles. The number of hydrogen-bond acceptors (Lipinski definition) is 11. The van der Waals surface area contributed by atoms with Crippen molar-refractivity contribution >= 4 is 34.8 Å². The molecule has 0 unspecified atom stereocenters. The van der Waals surface area contributed by atoms with E-state index in [-0.39, 0.29) is 11.3 Å². The van der Waals surface area contributed by atoms with Gasteiger partial charge in [0.15, 0.2) is 17.1 Å². The summed E-state index contributed by atoms with van der Waals surface area (Å²) in [6, 6.07) is 9.15. The second kappa shape index (κ2) is 14.8. The summed E-state index contributed by atoms with van der Waals surface area (Å²) in [4.78, 5) is 34.1. The number of methoxy groups -OCH3 is 3. The Morgan fingerprint density at radius 2 is 1.46 bits per heavy atom. The molecule has 39 heavy (non-hydrogen) atoms. The third-order valence-corrected chi connectivity index (χ3v) is 5.11. The number of hydrogen-bond donors (Lipinski definition) is 0. The maximum Gasteiger partial charge on any atom is 0.205 e.